The van der Waals surface area contributed by atoms with Crippen LogP contribution in [0.5, 0.6) is 0 Å². The lowest BCUT2D eigenvalue weighted by Crippen LogP contribution is -2.32. The SMILES string of the molecule is Cc1[nH]c2ccc(C(=O)OCC(F)=CCNC(=O)OC(C)(C)C)cc2c1Cc1ccc(S(=O)(=O)N(C)C)cc1. The molecule has 39 heavy (non-hydrogen) atoms. The molecule has 0 bridgehead atoms. The summed E-state index contributed by atoms with van der Waals surface area (Å²) in [5.41, 5.74) is 3.17. The average Bonchev–Trinajstić information content (AvgIpc) is 3.15. The molecule has 3 rings (SSSR count). The van der Waals surface area contributed by atoms with Gasteiger partial charge in [-0.1, -0.05) is 12.1 Å². The fraction of sp³-hybridized carbons (Fsp3) is 0.357. The Labute approximate surface area is 228 Å². The first-order chi connectivity index (χ1) is 18.2. The molecular formula is C28H34FN3O6S. The van der Waals surface area contributed by atoms with Crippen LogP contribution in [0.25, 0.3) is 10.9 Å². The number of H-pyrrole nitrogens is 1. The number of hydrogen-bond acceptors (Lipinski definition) is 6. The van der Waals surface area contributed by atoms with E-state index in [2.05, 4.69) is 10.3 Å². The molecule has 0 aliphatic rings. The third kappa shape index (κ3) is 7.90. The van der Waals surface area contributed by atoms with Crippen LogP contribution in [-0.2, 0) is 25.9 Å². The monoisotopic (exact) mass is 559 g/mol. The summed E-state index contributed by atoms with van der Waals surface area (Å²) in [5, 5.41) is 3.21. The third-order valence-electron chi connectivity index (χ3n) is 5.75. The minimum atomic E-state index is -3.52. The molecule has 1 amide bonds. The fourth-order valence-electron chi connectivity index (χ4n) is 3.77. The van der Waals surface area contributed by atoms with Gasteiger partial charge >= 0.3 is 12.1 Å². The number of ether oxygens (including phenoxy) is 2. The third-order valence-corrected chi connectivity index (χ3v) is 7.58. The van der Waals surface area contributed by atoms with E-state index in [1.807, 2.05) is 6.92 Å². The van der Waals surface area contributed by atoms with Gasteiger partial charge < -0.3 is 19.8 Å². The predicted octanol–water partition coefficient (Wildman–Crippen LogP) is 4.85. The normalized spacial score (nSPS) is 12.6. The highest BCUT2D eigenvalue weighted by Crippen LogP contribution is 2.27. The Hall–Kier alpha value is -3.70. The fourth-order valence-corrected chi connectivity index (χ4v) is 4.67. The van der Waals surface area contributed by atoms with Gasteiger partial charge in [0.25, 0.3) is 0 Å². The van der Waals surface area contributed by atoms with E-state index < -0.39 is 40.1 Å². The molecule has 0 spiro atoms. The predicted molar refractivity (Wildman–Crippen MR) is 147 cm³/mol. The number of nitrogens with one attached hydrogen (secondary N) is 2. The highest BCUT2D eigenvalue weighted by Gasteiger charge is 2.18. The Morgan fingerprint density at radius 2 is 1.77 bits per heavy atom. The van der Waals surface area contributed by atoms with Crippen LogP contribution in [0.1, 0.15) is 48.0 Å². The van der Waals surface area contributed by atoms with Crippen LogP contribution in [0, 0.1) is 6.92 Å². The first-order valence-electron chi connectivity index (χ1n) is 12.3. The molecular weight excluding hydrogens is 525 g/mol. The lowest BCUT2D eigenvalue weighted by atomic mass is 10.0. The lowest BCUT2D eigenvalue weighted by molar-refractivity contribution is 0.0509. The van der Waals surface area contributed by atoms with Crippen molar-refractivity contribution in [3.05, 3.63) is 76.8 Å². The summed E-state index contributed by atoms with van der Waals surface area (Å²) in [6.45, 7) is 6.39. The molecule has 3 aromatic rings. The molecule has 210 valence electrons. The van der Waals surface area contributed by atoms with E-state index >= 15 is 0 Å². The number of aromatic amines is 1. The molecule has 0 saturated carbocycles. The van der Waals surface area contributed by atoms with Crippen molar-refractivity contribution in [3.8, 4) is 0 Å². The quantitative estimate of drug-likeness (QED) is 0.362. The van der Waals surface area contributed by atoms with Crippen LogP contribution >= 0.6 is 0 Å². The number of fused-ring (bicyclic) bond motifs is 1. The maximum Gasteiger partial charge on any atom is 0.407 e. The van der Waals surface area contributed by atoms with Gasteiger partial charge in [0.15, 0.2) is 0 Å². The number of halogens is 1. The van der Waals surface area contributed by atoms with Gasteiger partial charge in [0, 0.05) is 37.2 Å². The zero-order chi connectivity index (χ0) is 29.0. The number of carbonyl (C=O) groups excluding carboxylic acids is 2. The molecule has 0 unspecified atom stereocenters. The zero-order valence-electron chi connectivity index (χ0n) is 22.9. The van der Waals surface area contributed by atoms with E-state index in [-0.39, 0.29) is 17.0 Å². The molecule has 11 heteroatoms. The molecule has 2 N–H and O–H groups in total. The Balaban J connectivity index is 1.67. The maximum atomic E-state index is 14.1. The number of hydrogen-bond donors (Lipinski definition) is 2. The molecule has 9 nitrogen and oxygen atoms in total. The highest BCUT2D eigenvalue weighted by atomic mass is 32.2. The average molecular weight is 560 g/mol. The van der Waals surface area contributed by atoms with E-state index in [9.17, 15) is 22.4 Å². The largest absolute Gasteiger partial charge is 0.455 e. The van der Waals surface area contributed by atoms with E-state index in [0.29, 0.717) is 6.42 Å². The second kappa shape index (κ2) is 12.0. The van der Waals surface area contributed by atoms with Crippen molar-refractivity contribution in [3.63, 3.8) is 0 Å². The van der Waals surface area contributed by atoms with Gasteiger partial charge in [-0.15, -0.1) is 0 Å². The molecule has 0 fully saturated rings. The van der Waals surface area contributed by atoms with E-state index in [0.717, 1.165) is 38.1 Å². The maximum absolute atomic E-state index is 14.1. The van der Waals surface area contributed by atoms with E-state index in [4.69, 9.17) is 9.47 Å². The van der Waals surface area contributed by atoms with E-state index in [1.54, 1.807) is 63.2 Å². The number of carbonyl (C=O) groups is 2. The summed E-state index contributed by atoms with van der Waals surface area (Å²) in [6, 6.07) is 11.7. The van der Waals surface area contributed by atoms with E-state index in [1.165, 1.54) is 14.1 Å². The van der Waals surface area contributed by atoms with Gasteiger partial charge in [0.1, 0.15) is 18.0 Å². The van der Waals surface area contributed by atoms with Crippen molar-refractivity contribution in [1.82, 2.24) is 14.6 Å². The van der Waals surface area contributed by atoms with Crippen LogP contribution in [0.4, 0.5) is 9.18 Å². The summed E-state index contributed by atoms with van der Waals surface area (Å²) in [4.78, 5) is 27.7. The first kappa shape index (κ1) is 29.9. The van der Waals surface area contributed by atoms with Crippen molar-refractivity contribution >= 4 is 33.0 Å². The van der Waals surface area contributed by atoms with Crippen molar-refractivity contribution in [2.75, 3.05) is 27.2 Å². The highest BCUT2D eigenvalue weighted by molar-refractivity contribution is 7.89. The number of esters is 1. The molecule has 0 aliphatic heterocycles. The van der Waals surface area contributed by atoms with Gasteiger partial charge in [-0.2, -0.15) is 0 Å². The van der Waals surface area contributed by atoms with Gasteiger partial charge in [0.2, 0.25) is 10.0 Å². The second-order valence-corrected chi connectivity index (χ2v) is 12.4. The Kier molecular flexibility index (Phi) is 9.18. The molecule has 1 aromatic heterocycles. The molecule has 0 atom stereocenters. The summed E-state index contributed by atoms with van der Waals surface area (Å²) >= 11 is 0. The molecule has 1 heterocycles. The van der Waals surface area contributed by atoms with Crippen molar-refractivity contribution in [2.24, 2.45) is 0 Å². The number of aryl methyl sites for hydroxylation is 1. The number of benzene rings is 2. The summed E-state index contributed by atoms with van der Waals surface area (Å²) in [5.74, 6) is -1.40. The van der Waals surface area contributed by atoms with Crippen molar-refractivity contribution in [2.45, 2.75) is 44.6 Å². The number of aromatic nitrogens is 1. The van der Waals surface area contributed by atoms with Crippen LogP contribution < -0.4 is 5.32 Å². The van der Waals surface area contributed by atoms with Crippen molar-refractivity contribution in [1.29, 1.82) is 0 Å². The van der Waals surface area contributed by atoms with Crippen LogP contribution in [0.3, 0.4) is 0 Å². The van der Waals surface area contributed by atoms with Gasteiger partial charge in [-0.3, -0.25) is 0 Å². The van der Waals surface area contributed by atoms with Crippen LogP contribution in [-0.4, -0.2) is 62.6 Å². The number of sulfonamides is 1. The standard InChI is InChI=1S/C28H34FN3O6S/c1-18-23(15-19-7-10-22(11-8-19)39(35,36)32(5)6)24-16-20(9-12-25(24)31-18)26(33)37-17-21(29)13-14-30-27(34)38-28(2,3)4/h7-13,16,31H,14-15,17H2,1-6H3,(H,30,34). The Bertz CT molecular complexity index is 1490. The smallest absolute Gasteiger partial charge is 0.407 e. The lowest BCUT2D eigenvalue weighted by Gasteiger charge is -2.19. The summed E-state index contributed by atoms with van der Waals surface area (Å²) in [7, 11) is -0.556. The number of alkyl carbamates (subject to hydrolysis) is 1. The van der Waals surface area contributed by atoms with Crippen LogP contribution in [0.2, 0.25) is 0 Å². The number of amides is 1. The molecule has 0 saturated heterocycles. The summed E-state index contributed by atoms with van der Waals surface area (Å²) < 4.78 is 50.1. The van der Waals surface area contributed by atoms with Gasteiger partial charge in [-0.25, -0.2) is 26.7 Å². The minimum Gasteiger partial charge on any atom is -0.455 e. The topological polar surface area (TPSA) is 118 Å². The number of rotatable bonds is 9. The van der Waals surface area contributed by atoms with Crippen LogP contribution in [0.15, 0.2) is 59.3 Å². The molecule has 0 radical (unpaired) electrons. The Morgan fingerprint density at radius 1 is 1.10 bits per heavy atom. The van der Waals surface area contributed by atoms with Crippen molar-refractivity contribution < 1.29 is 31.9 Å². The molecule has 0 aliphatic carbocycles. The zero-order valence-corrected chi connectivity index (χ0v) is 23.7. The second-order valence-electron chi connectivity index (χ2n) is 10.2. The Morgan fingerprint density at radius 3 is 2.38 bits per heavy atom. The first-order valence-corrected chi connectivity index (χ1v) is 13.7. The molecule has 2 aromatic carbocycles. The van der Waals surface area contributed by atoms with Gasteiger partial charge in [0.05, 0.1) is 10.5 Å². The number of nitrogens with zero attached hydrogens (tertiary/aromatic N) is 1. The summed E-state index contributed by atoms with van der Waals surface area (Å²) in [6.07, 6.45) is 0.932. The minimum absolute atomic E-state index is 0.113. The van der Waals surface area contributed by atoms with Gasteiger partial charge in [-0.05, 0) is 81.7 Å².